The number of nitrogens with zero attached hydrogens (tertiary/aromatic N) is 1. The highest BCUT2D eigenvalue weighted by molar-refractivity contribution is 5.57. The summed E-state index contributed by atoms with van der Waals surface area (Å²) in [5.41, 5.74) is 2.89. The normalized spacial score (nSPS) is 22.9. The second kappa shape index (κ2) is 6.75. The van der Waals surface area contributed by atoms with Crippen molar-refractivity contribution < 1.29 is 0 Å². The van der Waals surface area contributed by atoms with Gasteiger partial charge >= 0.3 is 0 Å². The van der Waals surface area contributed by atoms with Crippen LogP contribution >= 0.6 is 0 Å². The molecular formula is C17H25N. The average molecular weight is 243 g/mol. The summed E-state index contributed by atoms with van der Waals surface area (Å²) in [6, 6.07) is 8.63. The number of allylic oxidation sites excluding steroid dienone is 1. The number of benzene rings is 1. The quantitative estimate of drug-likeness (QED) is 0.656. The molecule has 0 bridgehead atoms. The molecule has 1 aliphatic heterocycles. The van der Waals surface area contributed by atoms with Gasteiger partial charge in [0.15, 0.2) is 0 Å². The van der Waals surface area contributed by atoms with Crippen LogP contribution in [-0.4, -0.2) is 25.0 Å². The van der Waals surface area contributed by atoms with E-state index in [2.05, 4.69) is 55.3 Å². The number of fused-ring (bicyclic) bond motifs is 1. The Morgan fingerprint density at radius 2 is 1.78 bits per heavy atom. The summed E-state index contributed by atoms with van der Waals surface area (Å²) in [5.74, 6) is 0.705. The van der Waals surface area contributed by atoms with Gasteiger partial charge in [0, 0.05) is 0 Å². The molecule has 1 unspecified atom stereocenters. The first-order chi connectivity index (χ1) is 8.77. The number of piperidine rings is 1. The Balaban J connectivity index is 0.000000149. The lowest BCUT2D eigenvalue weighted by atomic mass is 9.89. The Hall–Kier alpha value is -1.08. The summed E-state index contributed by atoms with van der Waals surface area (Å²) in [6.07, 6.45) is 9.94. The second-order valence-electron chi connectivity index (χ2n) is 5.53. The third-order valence-electron chi connectivity index (χ3n) is 3.89. The number of rotatable bonds is 0. The van der Waals surface area contributed by atoms with E-state index in [0.29, 0.717) is 5.92 Å². The molecule has 1 nitrogen and oxygen atoms in total. The summed E-state index contributed by atoms with van der Waals surface area (Å²) < 4.78 is 0. The minimum absolute atomic E-state index is 0.705. The van der Waals surface area contributed by atoms with Crippen molar-refractivity contribution in [3.8, 4) is 0 Å². The number of hydrogen-bond acceptors (Lipinski definition) is 1. The molecule has 0 amide bonds. The van der Waals surface area contributed by atoms with Crippen LogP contribution in [0, 0.1) is 0 Å². The molecule has 2 aliphatic rings. The minimum Gasteiger partial charge on any atom is -0.306 e. The van der Waals surface area contributed by atoms with Crippen molar-refractivity contribution in [1.29, 1.82) is 0 Å². The van der Waals surface area contributed by atoms with Crippen LogP contribution in [-0.2, 0) is 0 Å². The molecule has 0 aromatic heterocycles. The van der Waals surface area contributed by atoms with Gasteiger partial charge in [0.05, 0.1) is 0 Å². The van der Waals surface area contributed by atoms with E-state index in [0.717, 1.165) is 0 Å². The smallest absolute Gasteiger partial charge is 0.00218 e. The van der Waals surface area contributed by atoms with Crippen molar-refractivity contribution in [3.05, 3.63) is 41.5 Å². The maximum absolute atomic E-state index is 2.39. The van der Waals surface area contributed by atoms with Crippen molar-refractivity contribution in [2.75, 3.05) is 20.1 Å². The van der Waals surface area contributed by atoms with Crippen LogP contribution in [0.25, 0.3) is 6.08 Å². The second-order valence-corrected chi connectivity index (χ2v) is 5.53. The minimum atomic E-state index is 0.705. The number of hydrogen-bond donors (Lipinski definition) is 0. The van der Waals surface area contributed by atoms with Crippen LogP contribution in [0.4, 0.5) is 0 Å². The summed E-state index contributed by atoms with van der Waals surface area (Å²) in [4.78, 5) is 2.39. The summed E-state index contributed by atoms with van der Waals surface area (Å²) in [6.45, 7) is 4.92. The summed E-state index contributed by atoms with van der Waals surface area (Å²) in [7, 11) is 2.19. The first kappa shape index (κ1) is 13.4. The summed E-state index contributed by atoms with van der Waals surface area (Å²) in [5, 5.41) is 0. The van der Waals surface area contributed by atoms with Crippen molar-refractivity contribution in [3.63, 3.8) is 0 Å². The molecule has 1 fully saturated rings. The van der Waals surface area contributed by atoms with E-state index in [1.165, 1.54) is 49.9 Å². The molecule has 1 aromatic carbocycles. The lowest BCUT2D eigenvalue weighted by Gasteiger charge is -2.20. The van der Waals surface area contributed by atoms with Gasteiger partial charge in [-0.1, -0.05) is 49.8 Å². The van der Waals surface area contributed by atoms with Crippen LogP contribution in [0.5, 0.6) is 0 Å². The topological polar surface area (TPSA) is 3.24 Å². The Morgan fingerprint density at radius 1 is 1.06 bits per heavy atom. The fraction of sp³-hybridized carbons (Fsp3) is 0.529. The Morgan fingerprint density at radius 3 is 2.39 bits per heavy atom. The molecule has 98 valence electrons. The van der Waals surface area contributed by atoms with E-state index in [-0.39, 0.29) is 0 Å². The summed E-state index contributed by atoms with van der Waals surface area (Å²) >= 11 is 0. The van der Waals surface area contributed by atoms with Crippen LogP contribution < -0.4 is 0 Å². The Bertz CT molecular complexity index is 388. The monoisotopic (exact) mass is 243 g/mol. The fourth-order valence-corrected chi connectivity index (χ4v) is 2.69. The van der Waals surface area contributed by atoms with Crippen molar-refractivity contribution in [2.45, 2.75) is 38.5 Å². The van der Waals surface area contributed by atoms with Gasteiger partial charge in [0.25, 0.3) is 0 Å². The first-order valence-electron chi connectivity index (χ1n) is 7.21. The first-order valence-corrected chi connectivity index (χ1v) is 7.21. The zero-order chi connectivity index (χ0) is 12.8. The zero-order valence-electron chi connectivity index (χ0n) is 11.7. The van der Waals surface area contributed by atoms with E-state index in [9.17, 15) is 0 Å². The van der Waals surface area contributed by atoms with Gasteiger partial charge in [0.1, 0.15) is 0 Å². The molecule has 1 saturated heterocycles. The molecule has 0 saturated carbocycles. The molecule has 0 N–H and O–H groups in total. The predicted molar refractivity (Wildman–Crippen MR) is 79.9 cm³/mol. The van der Waals surface area contributed by atoms with Crippen LogP contribution in [0.2, 0.25) is 0 Å². The van der Waals surface area contributed by atoms with Gasteiger partial charge in [-0.25, -0.2) is 0 Å². The van der Waals surface area contributed by atoms with Gasteiger partial charge in [-0.05, 0) is 56.4 Å². The third-order valence-corrected chi connectivity index (χ3v) is 3.89. The standard InChI is InChI=1S/C11H12.C6H13N/c1-9-5-4-7-10-6-2-3-8-11(9)10;1-7-5-3-2-4-6-7/h2-4,6-9H,5H2,1H3;2-6H2,1H3. The molecule has 1 aromatic rings. The van der Waals surface area contributed by atoms with Gasteiger partial charge in [-0.15, -0.1) is 0 Å². The van der Waals surface area contributed by atoms with E-state index in [1.807, 2.05) is 0 Å². The molecule has 1 aliphatic carbocycles. The maximum Gasteiger partial charge on any atom is -0.00218 e. The number of likely N-dealkylation sites (tertiary alicyclic amines) is 1. The average Bonchev–Trinajstić information content (AvgIpc) is 2.41. The molecule has 0 spiro atoms. The molecule has 3 rings (SSSR count). The highest BCUT2D eigenvalue weighted by Crippen LogP contribution is 2.28. The van der Waals surface area contributed by atoms with Crippen molar-refractivity contribution in [2.24, 2.45) is 0 Å². The lowest BCUT2D eigenvalue weighted by molar-refractivity contribution is 0.277. The van der Waals surface area contributed by atoms with Crippen molar-refractivity contribution in [1.82, 2.24) is 4.90 Å². The highest BCUT2D eigenvalue weighted by atomic mass is 15.1. The van der Waals surface area contributed by atoms with Gasteiger partial charge in [0.2, 0.25) is 0 Å². The van der Waals surface area contributed by atoms with Gasteiger partial charge in [-0.2, -0.15) is 0 Å². The van der Waals surface area contributed by atoms with Gasteiger partial charge in [-0.3, -0.25) is 0 Å². The molecule has 1 heterocycles. The fourth-order valence-electron chi connectivity index (χ4n) is 2.69. The van der Waals surface area contributed by atoms with E-state index >= 15 is 0 Å². The maximum atomic E-state index is 2.39. The van der Waals surface area contributed by atoms with E-state index in [4.69, 9.17) is 0 Å². The molecule has 1 heteroatoms. The SMILES string of the molecule is CC1CC=Cc2ccccc21.CN1CCCCC1. The van der Waals surface area contributed by atoms with Crippen LogP contribution in [0.3, 0.4) is 0 Å². The van der Waals surface area contributed by atoms with Crippen LogP contribution in [0.1, 0.15) is 49.7 Å². The van der Waals surface area contributed by atoms with E-state index in [1.54, 1.807) is 0 Å². The van der Waals surface area contributed by atoms with Crippen molar-refractivity contribution >= 4 is 6.08 Å². The predicted octanol–water partition coefficient (Wildman–Crippen LogP) is 4.31. The zero-order valence-corrected chi connectivity index (χ0v) is 11.7. The van der Waals surface area contributed by atoms with Gasteiger partial charge < -0.3 is 4.90 Å². The molecule has 0 radical (unpaired) electrons. The highest BCUT2D eigenvalue weighted by Gasteiger charge is 2.10. The molecular weight excluding hydrogens is 218 g/mol. The largest absolute Gasteiger partial charge is 0.306 e. The Labute approximate surface area is 112 Å². The Kier molecular flexibility index (Phi) is 5.00. The third kappa shape index (κ3) is 3.71. The van der Waals surface area contributed by atoms with Crippen LogP contribution in [0.15, 0.2) is 30.3 Å². The lowest BCUT2D eigenvalue weighted by Crippen LogP contribution is -2.24. The van der Waals surface area contributed by atoms with E-state index < -0.39 is 0 Å². The molecule has 1 atom stereocenters. The molecule has 18 heavy (non-hydrogen) atoms.